The first-order valence-electron chi connectivity index (χ1n) is 6.70. The summed E-state index contributed by atoms with van der Waals surface area (Å²) in [7, 11) is 0. The number of rotatable bonds is 6. The van der Waals surface area contributed by atoms with E-state index in [9.17, 15) is 4.79 Å². The number of hydrogen-bond donors (Lipinski definition) is 2. The average Bonchev–Trinajstić information content (AvgIpc) is 2.54. The molecule has 114 valence electrons. The molecule has 0 saturated carbocycles. The molecule has 7 nitrogen and oxygen atoms in total. The highest BCUT2D eigenvalue weighted by atomic mass is 16.5. The van der Waals surface area contributed by atoms with Crippen LogP contribution in [0.2, 0.25) is 0 Å². The summed E-state index contributed by atoms with van der Waals surface area (Å²) < 4.78 is 9.38. The van der Waals surface area contributed by atoms with Crippen molar-refractivity contribution < 1.29 is 23.9 Å². The van der Waals surface area contributed by atoms with E-state index in [2.05, 4.69) is 5.16 Å². The summed E-state index contributed by atoms with van der Waals surface area (Å²) in [5.74, 6) is -0.464. The summed E-state index contributed by atoms with van der Waals surface area (Å²) >= 11 is 0. The van der Waals surface area contributed by atoms with E-state index < -0.39 is 5.91 Å². The highest BCUT2D eigenvalue weighted by molar-refractivity contribution is 5.92. The predicted octanol–water partition coefficient (Wildman–Crippen LogP) is 0.361. The molecule has 2 aromatic heterocycles. The van der Waals surface area contributed by atoms with Crippen LogP contribution in [0, 0.1) is 0 Å². The second kappa shape index (κ2) is 7.28. The molecule has 1 amide bonds. The highest BCUT2D eigenvalue weighted by Gasteiger charge is 2.16. The Kier molecular flexibility index (Phi) is 5.16. The van der Waals surface area contributed by atoms with E-state index in [0.717, 1.165) is 0 Å². The van der Waals surface area contributed by atoms with Gasteiger partial charge in [-0.1, -0.05) is 5.16 Å². The van der Waals surface area contributed by atoms with Crippen LogP contribution >= 0.6 is 0 Å². The molecule has 7 heteroatoms. The fourth-order valence-corrected chi connectivity index (χ4v) is 1.90. The third-order valence-electron chi connectivity index (χ3n) is 3.18. The maximum absolute atomic E-state index is 11.0. The summed E-state index contributed by atoms with van der Waals surface area (Å²) in [5, 5.41) is 11.7. The fraction of sp³-hybridized carbons (Fsp3) is 0.200. The molecule has 0 aliphatic heterocycles. The van der Waals surface area contributed by atoms with Gasteiger partial charge in [0.25, 0.3) is 13.0 Å². The summed E-state index contributed by atoms with van der Waals surface area (Å²) in [4.78, 5) is 11.0. The quantitative estimate of drug-likeness (QED) is 0.349. The van der Waals surface area contributed by atoms with E-state index in [1.54, 1.807) is 29.1 Å². The summed E-state index contributed by atoms with van der Waals surface area (Å²) in [6, 6.07) is 8.79. The van der Waals surface area contributed by atoms with Gasteiger partial charge in [0, 0.05) is 31.2 Å². The zero-order chi connectivity index (χ0) is 15.9. The van der Waals surface area contributed by atoms with Crippen molar-refractivity contribution in [3.63, 3.8) is 0 Å². The van der Waals surface area contributed by atoms with E-state index in [0.29, 0.717) is 11.3 Å². The molecule has 0 aliphatic rings. The molecule has 1 atom stereocenters. The first kappa shape index (κ1) is 15.6. The lowest BCUT2D eigenvalue weighted by Gasteiger charge is -2.07. The topological polar surface area (TPSA) is 92.7 Å². The van der Waals surface area contributed by atoms with E-state index in [1.165, 1.54) is 6.21 Å². The van der Waals surface area contributed by atoms with Gasteiger partial charge in [-0.2, -0.15) is 9.13 Å². The maximum atomic E-state index is 11.0. The van der Waals surface area contributed by atoms with Crippen LogP contribution in [0.5, 0.6) is 0 Å². The minimum atomic E-state index is -0.464. The molecule has 0 saturated heterocycles. The van der Waals surface area contributed by atoms with Crippen molar-refractivity contribution in [2.75, 3.05) is 0 Å². The molecular weight excluding hydrogens is 284 g/mol. The van der Waals surface area contributed by atoms with Crippen molar-refractivity contribution in [2.24, 2.45) is 10.9 Å². The van der Waals surface area contributed by atoms with Crippen LogP contribution in [-0.4, -0.2) is 17.3 Å². The van der Waals surface area contributed by atoms with Gasteiger partial charge in [0.15, 0.2) is 18.6 Å². The lowest BCUT2D eigenvalue weighted by atomic mass is 10.2. The van der Waals surface area contributed by atoms with Gasteiger partial charge in [-0.25, -0.2) is 0 Å². The molecule has 0 aliphatic carbocycles. The number of hydrogen-bond acceptors (Lipinski definition) is 4. The Labute approximate surface area is 127 Å². The SMILES string of the molecule is CC(OC[n+]1ccccc1/C=N\O)[n+]1ccc(C(N)=O)cc1. The van der Waals surface area contributed by atoms with E-state index in [-0.39, 0.29) is 13.0 Å². The van der Waals surface area contributed by atoms with Crippen LogP contribution < -0.4 is 14.9 Å². The van der Waals surface area contributed by atoms with Gasteiger partial charge >= 0.3 is 0 Å². The van der Waals surface area contributed by atoms with E-state index in [1.807, 2.05) is 35.9 Å². The van der Waals surface area contributed by atoms with Crippen molar-refractivity contribution >= 4 is 12.1 Å². The minimum Gasteiger partial charge on any atom is -0.411 e. The number of carbonyl (C=O) groups excluding carboxylic acids is 1. The van der Waals surface area contributed by atoms with Crippen molar-refractivity contribution in [3.05, 3.63) is 60.2 Å². The van der Waals surface area contributed by atoms with Gasteiger partial charge in [0.05, 0.1) is 5.56 Å². The Hall–Kier alpha value is -2.80. The van der Waals surface area contributed by atoms with E-state index >= 15 is 0 Å². The smallest absolute Gasteiger partial charge is 0.264 e. The zero-order valence-corrected chi connectivity index (χ0v) is 12.2. The standard InChI is InChI=1S/C15H16N4O3/c1-12(18-8-5-13(6-9-18)15(16)20)22-11-19-7-3-2-4-14(19)10-17-21/h2-10,12H,11H2,1H3,(H-,16,20)/p+2. The third kappa shape index (κ3) is 3.86. The Morgan fingerprint density at radius 3 is 2.73 bits per heavy atom. The van der Waals surface area contributed by atoms with Crippen LogP contribution in [0.3, 0.4) is 0 Å². The summed E-state index contributed by atoms with van der Waals surface area (Å²) in [6.07, 6.45) is 6.38. The molecule has 22 heavy (non-hydrogen) atoms. The van der Waals surface area contributed by atoms with Crippen LogP contribution in [0.25, 0.3) is 0 Å². The van der Waals surface area contributed by atoms with E-state index in [4.69, 9.17) is 15.7 Å². The summed E-state index contributed by atoms with van der Waals surface area (Å²) in [6.45, 7) is 2.17. The number of amides is 1. The lowest BCUT2D eigenvalue weighted by Crippen LogP contribution is -2.45. The zero-order valence-electron chi connectivity index (χ0n) is 12.2. The predicted molar refractivity (Wildman–Crippen MR) is 77.0 cm³/mol. The molecule has 0 aromatic carbocycles. The second-order valence-electron chi connectivity index (χ2n) is 4.63. The van der Waals surface area contributed by atoms with Gasteiger partial charge in [-0.15, -0.1) is 0 Å². The van der Waals surface area contributed by atoms with Crippen LogP contribution in [-0.2, 0) is 11.5 Å². The molecule has 2 aromatic rings. The third-order valence-corrected chi connectivity index (χ3v) is 3.18. The number of nitrogens with zero attached hydrogens (tertiary/aromatic N) is 3. The van der Waals surface area contributed by atoms with Crippen molar-refractivity contribution in [2.45, 2.75) is 19.9 Å². The monoisotopic (exact) mass is 302 g/mol. The van der Waals surface area contributed by atoms with Gasteiger partial charge in [0.2, 0.25) is 11.6 Å². The molecule has 1 unspecified atom stereocenters. The Balaban J connectivity index is 2.03. The maximum Gasteiger partial charge on any atom is 0.264 e. The van der Waals surface area contributed by atoms with Crippen LogP contribution in [0.4, 0.5) is 0 Å². The molecule has 2 heterocycles. The largest absolute Gasteiger partial charge is 0.411 e. The molecule has 0 radical (unpaired) electrons. The Bertz CT molecular complexity index is 671. The number of ether oxygens (including phenoxy) is 1. The molecule has 0 spiro atoms. The molecular formula is C15H18N4O3+2. The van der Waals surface area contributed by atoms with Crippen molar-refractivity contribution in [3.8, 4) is 0 Å². The molecule has 3 N–H and O–H groups in total. The van der Waals surface area contributed by atoms with Crippen LogP contribution in [0.1, 0.15) is 29.2 Å². The number of pyridine rings is 2. The van der Waals surface area contributed by atoms with Crippen LogP contribution in [0.15, 0.2) is 54.1 Å². The fourth-order valence-electron chi connectivity index (χ4n) is 1.90. The normalized spacial score (nSPS) is 12.4. The molecule has 0 fully saturated rings. The highest BCUT2D eigenvalue weighted by Crippen LogP contribution is 2.00. The average molecular weight is 302 g/mol. The van der Waals surface area contributed by atoms with Gasteiger partial charge < -0.3 is 10.9 Å². The Morgan fingerprint density at radius 1 is 1.36 bits per heavy atom. The number of carbonyl (C=O) groups is 1. The van der Waals surface area contributed by atoms with Gasteiger partial charge in [-0.3, -0.25) is 9.53 Å². The lowest BCUT2D eigenvalue weighted by molar-refractivity contribution is -0.805. The first-order chi connectivity index (χ1) is 10.6. The second-order valence-corrected chi connectivity index (χ2v) is 4.63. The Morgan fingerprint density at radius 2 is 2.09 bits per heavy atom. The number of oxime groups is 1. The molecule has 0 bridgehead atoms. The van der Waals surface area contributed by atoms with Gasteiger partial charge in [0.1, 0.15) is 6.21 Å². The molecule has 2 rings (SSSR count). The number of aromatic nitrogens is 2. The van der Waals surface area contributed by atoms with Gasteiger partial charge in [-0.05, 0) is 6.07 Å². The van der Waals surface area contributed by atoms with Crippen molar-refractivity contribution in [1.82, 2.24) is 0 Å². The number of primary amides is 1. The summed E-state index contributed by atoms with van der Waals surface area (Å²) in [5.41, 5.74) is 6.36. The van der Waals surface area contributed by atoms with Crippen molar-refractivity contribution in [1.29, 1.82) is 0 Å². The number of nitrogens with two attached hydrogens (primary N) is 1. The minimum absolute atomic E-state index is 0.242. The first-order valence-corrected chi connectivity index (χ1v) is 6.70.